The first-order chi connectivity index (χ1) is 11.1. The van der Waals surface area contributed by atoms with E-state index in [1.807, 2.05) is 12.1 Å². The van der Waals surface area contributed by atoms with Gasteiger partial charge in [-0.05, 0) is 36.4 Å². The summed E-state index contributed by atoms with van der Waals surface area (Å²) in [6, 6.07) is 14.2. The molecule has 0 radical (unpaired) electrons. The highest BCUT2D eigenvalue weighted by Crippen LogP contribution is 2.26. The molecule has 0 unspecified atom stereocenters. The number of benzene rings is 2. The van der Waals surface area contributed by atoms with Gasteiger partial charge in [-0.15, -0.1) is 10.2 Å². The monoisotopic (exact) mass is 391 g/mol. The molecule has 1 N–H and O–H groups in total. The van der Waals surface area contributed by atoms with E-state index < -0.39 is 0 Å². The van der Waals surface area contributed by atoms with Crippen molar-refractivity contribution in [3.8, 4) is 11.5 Å². The number of rotatable bonds is 4. The maximum absolute atomic E-state index is 12.0. The molecular formula is C16H11BrClN3O2. The van der Waals surface area contributed by atoms with Gasteiger partial charge < -0.3 is 9.73 Å². The summed E-state index contributed by atoms with van der Waals surface area (Å²) in [5.41, 5.74) is 1.21. The predicted octanol–water partition coefficient (Wildman–Crippen LogP) is 4.08. The molecular weight excluding hydrogens is 382 g/mol. The van der Waals surface area contributed by atoms with E-state index in [0.29, 0.717) is 27.9 Å². The van der Waals surface area contributed by atoms with E-state index in [1.54, 1.807) is 36.4 Å². The number of nitrogens with zero attached hydrogens (tertiary/aromatic N) is 2. The number of carbonyl (C=O) groups is 1. The van der Waals surface area contributed by atoms with Gasteiger partial charge >= 0.3 is 0 Å². The van der Waals surface area contributed by atoms with Gasteiger partial charge in [0.05, 0.1) is 17.1 Å². The lowest BCUT2D eigenvalue weighted by Crippen LogP contribution is -2.22. The Morgan fingerprint density at radius 1 is 1.13 bits per heavy atom. The lowest BCUT2D eigenvalue weighted by Gasteiger charge is -2.02. The summed E-state index contributed by atoms with van der Waals surface area (Å²) in [5, 5.41) is 11.1. The number of carbonyl (C=O) groups excluding carboxylic acids is 1. The zero-order valence-corrected chi connectivity index (χ0v) is 14.1. The van der Waals surface area contributed by atoms with Crippen molar-refractivity contribution < 1.29 is 9.21 Å². The molecule has 0 spiro atoms. The third kappa shape index (κ3) is 3.78. The highest BCUT2D eigenvalue weighted by Gasteiger charge is 2.12. The third-order valence-corrected chi connectivity index (χ3v) is 3.94. The predicted molar refractivity (Wildman–Crippen MR) is 90.1 cm³/mol. The SMILES string of the molecule is O=C(NCc1nnc(-c2ccccc2Cl)o1)c1ccc(Br)cc1. The molecule has 0 aliphatic carbocycles. The Balaban J connectivity index is 1.67. The van der Waals surface area contributed by atoms with Crippen LogP contribution in [-0.4, -0.2) is 16.1 Å². The van der Waals surface area contributed by atoms with Crippen molar-refractivity contribution in [2.45, 2.75) is 6.54 Å². The summed E-state index contributed by atoms with van der Waals surface area (Å²) in [5.74, 6) is 0.420. The van der Waals surface area contributed by atoms with Gasteiger partial charge in [0.1, 0.15) is 0 Å². The number of aromatic nitrogens is 2. The minimum absolute atomic E-state index is 0.145. The van der Waals surface area contributed by atoms with Crippen LogP contribution in [0.3, 0.4) is 0 Å². The third-order valence-electron chi connectivity index (χ3n) is 3.08. The van der Waals surface area contributed by atoms with E-state index >= 15 is 0 Å². The first-order valence-corrected chi connectivity index (χ1v) is 7.91. The number of halogens is 2. The van der Waals surface area contributed by atoms with Crippen LogP contribution >= 0.6 is 27.5 Å². The van der Waals surface area contributed by atoms with Crippen molar-refractivity contribution >= 4 is 33.4 Å². The normalized spacial score (nSPS) is 10.5. The van der Waals surface area contributed by atoms with Crippen LogP contribution in [0.2, 0.25) is 5.02 Å². The van der Waals surface area contributed by atoms with Crippen LogP contribution in [0.15, 0.2) is 57.4 Å². The van der Waals surface area contributed by atoms with Crippen LogP contribution in [0, 0.1) is 0 Å². The molecule has 0 aliphatic rings. The minimum atomic E-state index is -0.213. The van der Waals surface area contributed by atoms with Crippen molar-refractivity contribution in [1.82, 2.24) is 15.5 Å². The maximum Gasteiger partial charge on any atom is 0.251 e. The van der Waals surface area contributed by atoms with E-state index in [0.717, 1.165) is 4.47 Å². The average Bonchev–Trinajstić information content (AvgIpc) is 3.02. The molecule has 5 nitrogen and oxygen atoms in total. The molecule has 0 saturated carbocycles. The van der Waals surface area contributed by atoms with Crippen LogP contribution in [0.25, 0.3) is 11.5 Å². The second kappa shape index (κ2) is 6.93. The van der Waals surface area contributed by atoms with Gasteiger partial charge in [0.15, 0.2) is 0 Å². The first kappa shape index (κ1) is 15.7. The molecule has 2 aromatic carbocycles. The topological polar surface area (TPSA) is 68.0 Å². The van der Waals surface area contributed by atoms with Gasteiger partial charge in [0, 0.05) is 10.0 Å². The molecule has 0 saturated heterocycles. The Morgan fingerprint density at radius 3 is 2.61 bits per heavy atom. The highest BCUT2D eigenvalue weighted by atomic mass is 79.9. The van der Waals surface area contributed by atoms with Crippen LogP contribution < -0.4 is 5.32 Å². The van der Waals surface area contributed by atoms with E-state index in [-0.39, 0.29) is 12.5 Å². The summed E-state index contributed by atoms with van der Waals surface area (Å²) < 4.78 is 6.44. The molecule has 1 aromatic heterocycles. The molecule has 3 aromatic rings. The van der Waals surface area contributed by atoms with Crippen molar-refractivity contribution in [1.29, 1.82) is 0 Å². The summed E-state index contributed by atoms with van der Waals surface area (Å²) in [6.07, 6.45) is 0. The molecule has 1 heterocycles. The van der Waals surface area contributed by atoms with Crippen molar-refractivity contribution in [3.05, 3.63) is 69.5 Å². The minimum Gasteiger partial charge on any atom is -0.419 e. The number of amides is 1. The average molecular weight is 393 g/mol. The zero-order valence-electron chi connectivity index (χ0n) is 11.8. The Hall–Kier alpha value is -2.18. The van der Waals surface area contributed by atoms with Gasteiger partial charge in [0.2, 0.25) is 11.8 Å². The second-order valence-electron chi connectivity index (χ2n) is 4.67. The smallest absolute Gasteiger partial charge is 0.251 e. The largest absolute Gasteiger partial charge is 0.419 e. The van der Waals surface area contributed by atoms with Crippen LogP contribution in [0.5, 0.6) is 0 Å². The molecule has 0 fully saturated rings. The number of hydrogen-bond donors (Lipinski definition) is 1. The molecule has 0 atom stereocenters. The summed E-state index contributed by atoms with van der Waals surface area (Å²) in [7, 11) is 0. The van der Waals surface area contributed by atoms with Crippen molar-refractivity contribution in [3.63, 3.8) is 0 Å². The highest BCUT2D eigenvalue weighted by molar-refractivity contribution is 9.10. The first-order valence-electron chi connectivity index (χ1n) is 6.74. The second-order valence-corrected chi connectivity index (χ2v) is 5.99. The molecule has 116 valence electrons. The fourth-order valence-electron chi connectivity index (χ4n) is 1.93. The van der Waals surface area contributed by atoms with Gasteiger partial charge in [-0.1, -0.05) is 39.7 Å². The summed E-state index contributed by atoms with van der Waals surface area (Å²) in [6.45, 7) is 0.145. The van der Waals surface area contributed by atoms with Gasteiger partial charge in [-0.2, -0.15) is 0 Å². The van der Waals surface area contributed by atoms with Crippen LogP contribution in [0.1, 0.15) is 16.2 Å². The van der Waals surface area contributed by atoms with Gasteiger partial charge in [-0.25, -0.2) is 0 Å². The standard InChI is InChI=1S/C16H11BrClN3O2/c17-11-7-5-10(6-8-11)15(22)19-9-14-20-21-16(23-14)12-3-1-2-4-13(12)18/h1-8H,9H2,(H,19,22). The Labute approximate surface area is 145 Å². The number of hydrogen-bond acceptors (Lipinski definition) is 4. The molecule has 0 bridgehead atoms. The quantitative estimate of drug-likeness (QED) is 0.726. The Morgan fingerprint density at radius 2 is 1.87 bits per heavy atom. The van der Waals surface area contributed by atoms with Gasteiger partial charge in [-0.3, -0.25) is 4.79 Å². The molecule has 0 aliphatic heterocycles. The summed E-state index contributed by atoms with van der Waals surface area (Å²) >= 11 is 9.41. The fraction of sp³-hybridized carbons (Fsp3) is 0.0625. The molecule has 23 heavy (non-hydrogen) atoms. The zero-order chi connectivity index (χ0) is 16.2. The van der Waals surface area contributed by atoms with Crippen molar-refractivity contribution in [2.24, 2.45) is 0 Å². The van der Waals surface area contributed by atoms with E-state index in [9.17, 15) is 4.79 Å². The molecule has 7 heteroatoms. The maximum atomic E-state index is 12.0. The number of nitrogens with one attached hydrogen (secondary N) is 1. The van der Waals surface area contributed by atoms with E-state index in [4.69, 9.17) is 16.0 Å². The van der Waals surface area contributed by atoms with Crippen LogP contribution in [-0.2, 0) is 6.54 Å². The van der Waals surface area contributed by atoms with Gasteiger partial charge in [0.25, 0.3) is 5.91 Å². The lowest BCUT2D eigenvalue weighted by molar-refractivity contribution is 0.0947. The van der Waals surface area contributed by atoms with E-state index in [2.05, 4.69) is 31.4 Å². The van der Waals surface area contributed by atoms with E-state index in [1.165, 1.54) is 0 Å². The van der Waals surface area contributed by atoms with Crippen LogP contribution in [0.4, 0.5) is 0 Å². The lowest BCUT2D eigenvalue weighted by atomic mass is 10.2. The Kier molecular flexibility index (Phi) is 4.73. The molecule has 3 rings (SSSR count). The fourth-order valence-corrected chi connectivity index (χ4v) is 2.41. The Bertz CT molecular complexity index is 833. The summed E-state index contributed by atoms with van der Waals surface area (Å²) in [4.78, 5) is 12.0. The van der Waals surface area contributed by atoms with Crippen molar-refractivity contribution in [2.75, 3.05) is 0 Å². The molecule has 1 amide bonds.